The number of carbonyl (C=O) groups is 1. The van der Waals surface area contributed by atoms with Gasteiger partial charge >= 0.3 is 5.97 Å². The number of esters is 1. The number of benzene rings is 2. The zero-order valence-electron chi connectivity index (χ0n) is 13.5. The van der Waals surface area contributed by atoms with Crippen LogP contribution in [0.5, 0.6) is 5.75 Å². The van der Waals surface area contributed by atoms with Crippen molar-refractivity contribution in [2.75, 3.05) is 24.6 Å². The van der Waals surface area contributed by atoms with Crippen LogP contribution in [0.1, 0.15) is 29.8 Å². The van der Waals surface area contributed by atoms with E-state index in [0.29, 0.717) is 12.2 Å². The minimum absolute atomic E-state index is 0.275. The molecule has 1 heterocycles. The molecule has 2 aromatic carbocycles. The maximum Gasteiger partial charge on any atom is 0.338 e. The molecule has 23 heavy (non-hydrogen) atoms. The van der Waals surface area contributed by atoms with Crippen LogP contribution in [0.15, 0.2) is 36.4 Å². The van der Waals surface area contributed by atoms with Crippen LogP contribution in [-0.4, -0.2) is 30.8 Å². The molecule has 120 valence electrons. The van der Waals surface area contributed by atoms with Gasteiger partial charge in [-0.05, 0) is 61.7 Å². The normalized spacial score (nSPS) is 13.0. The Kier molecular flexibility index (Phi) is 4.24. The standard InChI is InChI=1S/C19H21NO3/c1-3-20-10-9-13-11-15(21)6-7-16(13)17-12-14(5-8-18(17)20)19(22)23-4-2/h5-8,11-12,21H,3-4,9-10H2,1-2H3. The van der Waals surface area contributed by atoms with Crippen molar-refractivity contribution >= 4 is 11.7 Å². The molecular weight excluding hydrogens is 290 g/mol. The minimum atomic E-state index is -0.303. The number of likely N-dealkylation sites (N-methyl/N-ethyl adjacent to an activating group) is 1. The average molecular weight is 311 g/mol. The molecule has 1 aliphatic heterocycles. The van der Waals surface area contributed by atoms with Crippen molar-refractivity contribution in [3.05, 3.63) is 47.5 Å². The summed E-state index contributed by atoms with van der Waals surface area (Å²) in [5.74, 6) is -0.0280. The van der Waals surface area contributed by atoms with Crippen LogP contribution < -0.4 is 4.90 Å². The van der Waals surface area contributed by atoms with E-state index in [1.807, 2.05) is 30.3 Å². The van der Waals surface area contributed by atoms with E-state index >= 15 is 0 Å². The highest BCUT2D eigenvalue weighted by atomic mass is 16.5. The van der Waals surface area contributed by atoms with Crippen LogP contribution in [-0.2, 0) is 11.2 Å². The fourth-order valence-corrected chi connectivity index (χ4v) is 3.12. The molecule has 1 aliphatic rings. The lowest BCUT2D eigenvalue weighted by Crippen LogP contribution is -2.24. The van der Waals surface area contributed by atoms with Gasteiger partial charge in [0, 0.05) is 24.3 Å². The Bertz CT molecular complexity index is 739. The van der Waals surface area contributed by atoms with Crippen LogP contribution in [0.4, 0.5) is 5.69 Å². The summed E-state index contributed by atoms with van der Waals surface area (Å²) in [5, 5.41) is 9.78. The number of phenolic OH excluding ortho intramolecular Hbond substituents is 1. The molecule has 0 saturated carbocycles. The first-order valence-corrected chi connectivity index (χ1v) is 8.02. The average Bonchev–Trinajstić information content (AvgIpc) is 2.70. The maximum absolute atomic E-state index is 12.1. The Morgan fingerprint density at radius 2 is 2.00 bits per heavy atom. The van der Waals surface area contributed by atoms with E-state index in [-0.39, 0.29) is 11.7 Å². The molecular formula is C19H21NO3. The van der Waals surface area contributed by atoms with Crippen molar-refractivity contribution in [2.24, 2.45) is 0 Å². The SMILES string of the molecule is CCOC(=O)c1ccc2c(c1)-c1ccc(O)cc1CCN2CC. The molecule has 0 atom stereocenters. The molecule has 2 aromatic rings. The van der Waals surface area contributed by atoms with Gasteiger partial charge in [0.15, 0.2) is 0 Å². The Labute approximate surface area is 136 Å². The Balaban J connectivity index is 2.16. The molecule has 0 aromatic heterocycles. The summed E-state index contributed by atoms with van der Waals surface area (Å²) < 4.78 is 5.12. The van der Waals surface area contributed by atoms with Gasteiger partial charge in [-0.15, -0.1) is 0 Å². The number of phenols is 1. The van der Waals surface area contributed by atoms with Crippen molar-refractivity contribution in [2.45, 2.75) is 20.3 Å². The van der Waals surface area contributed by atoms with E-state index < -0.39 is 0 Å². The summed E-state index contributed by atoms with van der Waals surface area (Å²) in [6.07, 6.45) is 0.862. The lowest BCUT2D eigenvalue weighted by Gasteiger charge is -2.23. The molecule has 4 heteroatoms. The fourth-order valence-electron chi connectivity index (χ4n) is 3.12. The van der Waals surface area contributed by atoms with Gasteiger partial charge in [0.25, 0.3) is 0 Å². The van der Waals surface area contributed by atoms with Gasteiger partial charge in [-0.25, -0.2) is 4.79 Å². The third kappa shape index (κ3) is 2.89. The number of ether oxygens (including phenoxy) is 1. The van der Waals surface area contributed by atoms with Crippen molar-refractivity contribution in [3.8, 4) is 16.9 Å². The van der Waals surface area contributed by atoms with E-state index in [2.05, 4.69) is 11.8 Å². The second kappa shape index (κ2) is 6.32. The maximum atomic E-state index is 12.1. The predicted molar refractivity (Wildman–Crippen MR) is 91.1 cm³/mol. The van der Waals surface area contributed by atoms with Crippen LogP contribution in [0.25, 0.3) is 11.1 Å². The first-order valence-electron chi connectivity index (χ1n) is 8.02. The highest BCUT2D eigenvalue weighted by Gasteiger charge is 2.21. The number of anilines is 1. The van der Waals surface area contributed by atoms with Gasteiger partial charge < -0.3 is 14.7 Å². The highest BCUT2D eigenvalue weighted by molar-refractivity contribution is 5.94. The smallest absolute Gasteiger partial charge is 0.338 e. The highest BCUT2D eigenvalue weighted by Crippen LogP contribution is 2.38. The summed E-state index contributed by atoms with van der Waals surface area (Å²) in [4.78, 5) is 14.4. The zero-order valence-corrected chi connectivity index (χ0v) is 13.5. The first kappa shape index (κ1) is 15.4. The number of carbonyl (C=O) groups excluding carboxylic acids is 1. The van der Waals surface area contributed by atoms with Crippen molar-refractivity contribution in [3.63, 3.8) is 0 Å². The zero-order chi connectivity index (χ0) is 16.4. The van der Waals surface area contributed by atoms with E-state index in [4.69, 9.17) is 4.74 Å². The second-order valence-corrected chi connectivity index (χ2v) is 5.62. The minimum Gasteiger partial charge on any atom is -0.508 e. The number of nitrogens with zero attached hydrogens (tertiary/aromatic N) is 1. The van der Waals surface area contributed by atoms with Crippen molar-refractivity contribution in [1.82, 2.24) is 0 Å². The number of rotatable bonds is 3. The molecule has 1 N–H and O–H groups in total. The van der Waals surface area contributed by atoms with Gasteiger partial charge in [0.2, 0.25) is 0 Å². The summed E-state index contributed by atoms with van der Waals surface area (Å²) in [6.45, 7) is 6.07. The lowest BCUT2D eigenvalue weighted by molar-refractivity contribution is 0.0526. The van der Waals surface area contributed by atoms with E-state index in [0.717, 1.165) is 41.9 Å². The molecule has 0 saturated heterocycles. The van der Waals surface area contributed by atoms with Crippen LogP contribution >= 0.6 is 0 Å². The molecule has 0 radical (unpaired) electrons. The third-order valence-corrected chi connectivity index (χ3v) is 4.26. The lowest BCUT2D eigenvalue weighted by atomic mass is 9.96. The van der Waals surface area contributed by atoms with Crippen LogP contribution in [0, 0.1) is 0 Å². The molecule has 0 amide bonds. The number of aromatic hydroxyl groups is 1. The van der Waals surface area contributed by atoms with E-state index in [1.165, 1.54) is 0 Å². The largest absolute Gasteiger partial charge is 0.508 e. The van der Waals surface area contributed by atoms with Gasteiger partial charge in [-0.2, -0.15) is 0 Å². The molecule has 0 aliphatic carbocycles. The summed E-state index contributed by atoms with van der Waals surface area (Å²) in [5.41, 5.74) is 4.86. The Morgan fingerprint density at radius 1 is 1.17 bits per heavy atom. The number of hydrogen-bond acceptors (Lipinski definition) is 4. The molecule has 0 unspecified atom stereocenters. The summed E-state index contributed by atoms with van der Waals surface area (Å²) in [7, 11) is 0. The monoisotopic (exact) mass is 311 g/mol. The first-order chi connectivity index (χ1) is 11.1. The van der Waals surface area contributed by atoms with Gasteiger partial charge in [0.05, 0.1) is 12.2 Å². The molecule has 0 bridgehead atoms. The Hall–Kier alpha value is -2.49. The van der Waals surface area contributed by atoms with Crippen LogP contribution in [0.3, 0.4) is 0 Å². The predicted octanol–water partition coefficient (Wildman–Crippen LogP) is 3.62. The van der Waals surface area contributed by atoms with Gasteiger partial charge in [-0.1, -0.05) is 6.07 Å². The number of hydrogen-bond donors (Lipinski definition) is 1. The van der Waals surface area contributed by atoms with E-state index in [9.17, 15) is 9.90 Å². The Morgan fingerprint density at radius 3 is 2.74 bits per heavy atom. The topological polar surface area (TPSA) is 49.8 Å². The summed E-state index contributed by atoms with van der Waals surface area (Å²) >= 11 is 0. The molecule has 0 spiro atoms. The van der Waals surface area contributed by atoms with Crippen molar-refractivity contribution in [1.29, 1.82) is 0 Å². The van der Waals surface area contributed by atoms with Crippen LogP contribution in [0.2, 0.25) is 0 Å². The van der Waals surface area contributed by atoms with Gasteiger partial charge in [0.1, 0.15) is 5.75 Å². The van der Waals surface area contributed by atoms with E-state index in [1.54, 1.807) is 13.0 Å². The third-order valence-electron chi connectivity index (χ3n) is 4.26. The molecule has 0 fully saturated rings. The molecule has 3 rings (SSSR count). The second-order valence-electron chi connectivity index (χ2n) is 5.62. The van der Waals surface area contributed by atoms with Gasteiger partial charge in [-0.3, -0.25) is 0 Å². The summed E-state index contributed by atoms with van der Waals surface area (Å²) in [6, 6.07) is 11.2. The fraction of sp³-hybridized carbons (Fsp3) is 0.316. The van der Waals surface area contributed by atoms with Crippen molar-refractivity contribution < 1.29 is 14.6 Å². The molecule has 4 nitrogen and oxygen atoms in total. The number of fused-ring (bicyclic) bond motifs is 3. The quantitative estimate of drug-likeness (QED) is 0.880.